The Bertz CT molecular complexity index is 708. The summed E-state index contributed by atoms with van der Waals surface area (Å²) in [4.78, 5) is 12.2. The molecule has 0 aromatic heterocycles. The first-order chi connectivity index (χ1) is 11.1. The minimum Gasteiger partial charge on any atom is -0.279 e. The SMILES string of the molecule is C=CC(C#CC(=O)c1ccc(C(C)C)cc1)=CC=C(C)C(C)(C)C. The van der Waals surface area contributed by atoms with Gasteiger partial charge in [0, 0.05) is 11.1 Å². The molecule has 0 heterocycles. The summed E-state index contributed by atoms with van der Waals surface area (Å²) in [7, 11) is 0. The van der Waals surface area contributed by atoms with Crippen LogP contribution in [-0.2, 0) is 0 Å². The molecule has 0 unspecified atom stereocenters. The van der Waals surface area contributed by atoms with Gasteiger partial charge >= 0.3 is 0 Å². The summed E-state index contributed by atoms with van der Waals surface area (Å²) in [6.45, 7) is 16.6. The number of ketones is 1. The Balaban J connectivity index is 2.94. The van der Waals surface area contributed by atoms with Crippen molar-refractivity contribution in [3.05, 3.63) is 71.3 Å². The van der Waals surface area contributed by atoms with Crippen LogP contribution in [-0.4, -0.2) is 5.78 Å². The molecule has 126 valence electrons. The third-order valence-electron chi connectivity index (χ3n) is 4.08. The number of benzene rings is 1. The van der Waals surface area contributed by atoms with Crippen LogP contribution in [0, 0.1) is 17.3 Å². The quantitative estimate of drug-likeness (QED) is 0.283. The van der Waals surface area contributed by atoms with Crippen molar-refractivity contribution in [2.45, 2.75) is 47.5 Å². The van der Waals surface area contributed by atoms with E-state index in [-0.39, 0.29) is 11.2 Å². The van der Waals surface area contributed by atoms with Gasteiger partial charge in [-0.25, -0.2) is 0 Å². The van der Waals surface area contributed by atoms with Gasteiger partial charge < -0.3 is 0 Å². The monoisotopic (exact) mass is 320 g/mol. The van der Waals surface area contributed by atoms with Gasteiger partial charge in [-0.3, -0.25) is 4.79 Å². The summed E-state index contributed by atoms with van der Waals surface area (Å²) in [5, 5.41) is 0. The van der Waals surface area contributed by atoms with E-state index in [1.54, 1.807) is 6.08 Å². The number of rotatable bonds is 4. The zero-order valence-electron chi connectivity index (χ0n) is 15.7. The molecular weight excluding hydrogens is 292 g/mol. The molecular formula is C23H28O. The van der Waals surface area contributed by atoms with E-state index >= 15 is 0 Å². The summed E-state index contributed by atoms with van der Waals surface area (Å²) in [5.74, 6) is 5.89. The van der Waals surface area contributed by atoms with Crippen LogP contribution < -0.4 is 0 Å². The van der Waals surface area contributed by atoms with Crippen LogP contribution in [0.3, 0.4) is 0 Å². The molecule has 0 aliphatic rings. The molecule has 0 saturated heterocycles. The maximum absolute atomic E-state index is 12.2. The van der Waals surface area contributed by atoms with Gasteiger partial charge in [-0.15, -0.1) is 0 Å². The van der Waals surface area contributed by atoms with Crippen LogP contribution in [0.2, 0.25) is 0 Å². The third kappa shape index (κ3) is 6.05. The van der Waals surface area contributed by atoms with Crippen molar-refractivity contribution < 1.29 is 4.79 Å². The third-order valence-corrected chi connectivity index (χ3v) is 4.08. The standard InChI is InChI=1S/C23H28O/c1-8-19(10-9-18(4)23(5,6)7)11-16-22(24)21-14-12-20(13-15-21)17(2)3/h8-10,12-15,17H,1H2,2-7H3. The molecule has 0 saturated carbocycles. The summed E-state index contributed by atoms with van der Waals surface area (Å²) < 4.78 is 0. The molecule has 1 rings (SSSR count). The molecule has 1 aromatic carbocycles. The van der Waals surface area contributed by atoms with E-state index < -0.39 is 0 Å². The first kappa shape index (κ1) is 19.7. The number of allylic oxidation sites excluding steroid dienone is 5. The predicted octanol–water partition coefficient (Wildman–Crippen LogP) is 6.10. The topological polar surface area (TPSA) is 17.1 Å². The Hall–Kier alpha value is -2.33. The van der Waals surface area contributed by atoms with Gasteiger partial charge in [0.15, 0.2) is 0 Å². The highest BCUT2D eigenvalue weighted by Gasteiger charge is 2.11. The fourth-order valence-electron chi connectivity index (χ4n) is 1.85. The predicted molar refractivity (Wildman–Crippen MR) is 104 cm³/mol. The van der Waals surface area contributed by atoms with Gasteiger partial charge in [-0.2, -0.15) is 0 Å². The molecule has 1 heteroatoms. The van der Waals surface area contributed by atoms with Crippen LogP contribution in [0.4, 0.5) is 0 Å². The van der Waals surface area contributed by atoms with E-state index in [9.17, 15) is 4.79 Å². The second-order valence-corrected chi connectivity index (χ2v) is 7.28. The van der Waals surface area contributed by atoms with E-state index in [1.165, 1.54) is 11.1 Å². The average molecular weight is 320 g/mol. The lowest BCUT2D eigenvalue weighted by atomic mass is 9.87. The van der Waals surface area contributed by atoms with E-state index in [0.29, 0.717) is 11.5 Å². The zero-order chi connectivity index (χ0) is 18.3. The Morgan fingerprint density at radius 2 is 1.67 bits per heavy atom. The average Bonchev–Trinajstić information content (AvgIpc) is 2.53. The van der Waals surface area contributed by atoms with E-state index in [4.69, 9.17) is 0 Å². The smallest absolute Gasteiger partial charge is 0.236 e. The highest BCUT2D eigenvalue weighted by molar-refractivity contribution is 6.09. The summed E-state index contributed by atoms with van der Waals surface area (Å²) in [6.07, 6.45) is 5.62. The van der Waals surface area contributed by atoms with Gasteiger partial charge in [-0.05, 0) is 35.8 Å². The molecule has 1 aromatic rings. The van der Waals surface area contributed by atoms with Gasteiger partial charge in [-0.1, -0.05) is 89.1 Å². The fraction of sp³-hybridized carbons (Fsp3) is 0.348. The minimum atomic E-state index is -0.172. The van der Waals surface area contributed by atoms with Crippen LogP contribution >= 0.6 is 0 Å². The van der Waals surface area contributed by atoms with Crippen molar-refractivity contribution in [2.75, 3.05) is 0 Å². The molecule has 0 bridgehead atoms. The molecule has 0 N–H and O–H groups in total. The molecule has 0 fully saturated rings. The number of carbonyl (C=O) groups is 1. The first-order valence-corrected chi connectivity index (χ1v) is 8.33. The number of hydrogen-bond donors (Lipinski definition) is 0. The van der Waals surface area contributed by atoms with Crippen molar-refractivity contribution in [2.24, 2.45) is 5.41 Å². The molecule has 1 nitrogen and oxygen atoms in total. The van der Waals surface area contributed by atoms with Crippen LogP contribution in [0.15, 0.2) is 60.2 Å². The Kier molecular flexibility index (Phi) is 6.98. The van der Waals surface area contributed by atoms with E-state index in [1.807, 2.05) is 36.4 Å². The zero-order valence-corrected chi connectivity index (χ0v) is 15.7. The molecule has 0 aliphatic carbocycles. The van der Waals surface area contributed by atoms with Crippen molar-refractivity contribution in [3.63, 3.8) is 0 Å². The summed E-state index contributed by atoms with van der Waals surface area (Å²) >= 11 is 0. The van der Waals surface area contributed by atoms with Crippen molar-refractivity contribution in [1.82, 2.24) is 0 Å². The van der Waals surface area contributed by atoms with Crippen molar-refractivity contribution in [1.29, 1.82) is 0 Å². The van der Waals surface area contributed by atoms with Crippen molar-refractivity contribution in [3.8, 4) is 11.8 Å². The molecule has 0 spiro atoms. The summed E-state index contributed by atoms with van der Waals surface area (Å²) in [5.41, 5.74) is 3.94. The Morgan fingerprint density at radius 3 is 2.12 bits per heavy atom. The lowest BCUT2D eigenvalue weighted by molar-refractivity contribution is 0.105. The van der Waals surface area contributed by atoms with Crippen LogP contribution in [0.1, 0.15) is 63.4 Å². The molecule has 0 amide bonds. The van der Waals surface area contributed by atoms with Gasteiger partial charge in [0.25, 0.3) is 0 Å². The maximum Gasteiger partial charge on any atom is 0.236 e. The molecule has 0 aliphatic heterocycles. The highest BCUT2D eigenvalue weighted by atomic mass is 16.1. The van der Waals surface area contributed by atoms with Crippen molar-refractivity contribution >= 4 is 5.78 Å². The van der Waals surface area contributed by atoms with Gasteiger partial charge in [0.1, 0.15) is 0 Å². The van der Waals surface area contributed by atoms with Gasteiger partial charge in [0.05, 0.1) is 0 Å². The molecule has 0 atom stereocenters. The van der Waals surface area contributed by atoms with Gasteiger partial charge in [0.2, 0.25) is 5.78 Å². The lowest BCUT2D eigenvalue weighted by Gasteiger charge is -2.18. The maximum atomic E-state index is 12.2. The highest BCUT2D eigenvalue weighted by Crippen LogP contribution is 2.24. The second kappa shape index (κ2) is 8.50. The Labute approximate surface area is 147 Å². The van der Waals surface area contributed by atoms with Crippen LogP contribution in [0.25, 0.3) is 0 Å². The molecule has 24 heavy (non-hydrogen) atoms. The fourth-order valence-corrected chi connectivity index (χ4v) is 1.85. The number of hydrogen-bond acceptors (Lipinski definition) is 1. The largest absolute Gasteiger partial charge is 0.279 e. The summed E-state index contributed by atoms with van der Waals surface area (Å²) in [6, 6.07) is 7.65. The Morgan fingerprint density at radius 1 is 1.08 bits per heavy atom. The van der Waals surface area contributed by atoms with E-state index in [2.05, 4.69) is 60.0 Å². The number of carbonyl (C=O) groups excluding carboxylic acids is 1. The van der Waals surface area contributed by atoms with Crippen LogP contribution in [0.5, 0.6) is 0 Å². The normalized spacial score (nSPS) is 12.6. The molecule has 0 radical (unpaired) electrons. The lowest BCUT2D eigenvalue weighted by Crippen LogP contribution is -2.05. The second-order valence-electron chi connectivity index (χ2n) is 7.28. The number of Topliss-reactive ketones (excluding diaryl/α,β-unsaturated/α-hetero) is 1. The first-order valence-electron chi connectivity index (χ1n) is 8.33. The minimum absolute atomic E-state index is 0.115. The van der Waals surface area contributed by atoms with E-state index in [0.717, 1.165) is 5.57 Å².